The van der Waals surface area contributed by atoms with Crippen LogP contribution in [0.15, 0.2) is 55.6 Å². The van der Waals surface area contributed by atoms with Crippen LogP contribution in [0.5, 0.6) is 0 Å². The number of allylic oxidation sites excluding steroid dienone is 4. The summed E-state index contributed by atoms with van der Waals surface area (Å²) in [5.74, 6) is 4.46. The molecular formula is C45H127Br2Cl4I2N5O5. The second-order valence-electron chi connectivity index (χ2n) is 9.05. The van der Waals surface area contributed by atoms with Crippen LogP contribution >= 0.6 is 123 Å². The van der Waals surface area contributed by atoms with Gasteiger partial charge in [-0.05, 0) is 146 Å². The van der Waals surface area contributed by atoms with E-state index in [-0.39, 0.29) is 14.9 Å². The van der Waals surface area contributed by atoms with Gasteiger partial charge in [0.2, 0.25) is 0 Å². The molecule has 0 radical (unpaired) electrons. The van der Waals surface area contributed by atoms with Crippen molar-refractivity contribution in [2.24, 2.45) is 10.9 Å². The molecule has 0 fully saturated rings. The fourth-order valence-electron chi connectivity index (χ4n) is 0. The zero-order valence-electron chi connectivity index (χ0n) is 46.9. The van der Waals surface area contributed by atoms with Gasteiger partial charge in [0.15, 0.2) is 0 Å². The molecule has 5 N–H and O–H groups in total. The molecule has 0 amide bonds. The zero-order valence-corrected chi connectivity index (χ0v) is 57.4. The van der Waals surface area contributed by atoms with E-state index in [1.165, 1.54) is 25.5 Å². The summed E-state index contributed by atoms with van der Waals surface area (Å²) in [6.07, 6.45) is 12.9. The van der Waals surface area contributed by atoms with Gasteiger partial charge in [-0.1, -0.05) is 137 Å². The molecule has 10 nitrogen and oxygen atoms in total. The van der Waals surface area contributed by atoms with E-state index >= 15 is 0 Å². The van der Waals surface area contributed by atoms with Crippen LogP contribution in [-0.4, -0.2) is 226 Å². The fourth-order valence-corrected chi connectivity index (χ4v) is 0. The summed E-state index contributed by atoms with van der Waals surface area (Å²) >= 11 is 28.7. The first-order valence-corrected chi connectivity index (χ1v) is 27.6. The molecule has 0 aromatic heterocycles. The minimum atomic E-state index is 0. The lowest BCUT2D eigenvalue weighted by atomic mass is 10.3. The summed E-state index contributed by atoms with van der Waals surface area (Å²) in [4.78, 5) is 15.2. The van der Waals surface area contributed by atoms with E-state index in [9.17, 15) is 0 Å². The Bertz CT molecular complexity index is 285. The maximum Gasteiger partial charge on any atom is 0.0319 e. The second kappa shape index (κ2) is 528. The first-order valence-electron chi connectivity index (χ1n) is 17.1. The van der Waals surface area contributed by atoms with Crippen LogP contribution in [0.4, 0.5) is 0 Å². The van der Waals surface area contributed by atoms with Gasteiger partial charge in [-0.15, -0.1) is 72.7 Å². The van der Waals surface area contributed by atoms with Gasteiger partial charge >= 0.3 is 0 Å². The van der Waals surface area contributed by atoms with Crippen LogP contribution in [0.2, 0.25) is 0 Å². The van der Waals surface area contributed by atoms with Crippen LogP contribution in [0, 0.1) is 5.92 Å². The van der Waals surface area contributed by atoms with Crippen molar-refractivity contribution in [2.75, 3.05) is 174 Å². The molecule has 0 saturated carbocycles. The number of aliphatic hydroxyl groups excluding tert-OH is 5. The van der Waals surface area contributed by atoms with Gasteiger partial charge in [-0.3, -0.25) is 0 Å². The number of halogens is 8. The predicted octanol–water partition coefficient (Wildman–Crippen LogP) is 14.3. The highest BCUT2D eigenvalue weighted by atomic mass is 127. The van der Waals surface area contributed by atoms with Crippen molar-refractivity contribution >= 4 is 130 Å². The van der Waals surface area contributed by atoms with Crippen molar-refractivity contribution in [1.82, 2.24) is 19.6 Å². The van der Waals surface area contributed by atoms with Gasteiger partial charge < -0.3 is 50.1 Å². The van der Waals surface area contributed by atoms with Crippen LogP contribution in [-0.2, 0) is 0 Å². The smallest absolute Gasteiger partial charge is 0.0319 e. The highest BCUT2D eigenvalue weighted by Gasteiger charge is 1.68. The molecule has 0 aliphatic rings. The normalized spacial score (nSPS) is 5.13. The van der Waals surface area contributed by atoms with Crippen molar-refractivity contribution in [2.45, 2.75) is 63.3 Å². The highest BCUT2D eigenvalue weighted by Crippen LogP contribution is 1.81. The monoisotopic (exact) mass is 1370 g/mol. The summed E-state index contributed by atoms with van der Waals surface area (Å²) in [5, 5.41) is 35.0. The second-order valence-corrected chi connectivity index (χ2v) is 9.05. The molecule has 0 aliphatic heterocycles. The van der Waals surface area contributed by atoms with E-state index in [4.69, 9.17) is 25.5 Å². The van der Waals surface area contributed by atoms with Crippen molar-refractivity contribution < 1.29 is 25.5 Å². The third-order valence-corrected chi connectivity index (χ3v) is 0. The molecular weight excluding hydrogens is 1250 g/mol. The van der Waals surface area contributed by atoms with Gasteiger partial charge in [0, 0.05) is 68.1 Å². The largest absolute Gasteiger partial charge is 0.400 e. The standard InChI is InChI=1S/C4H10.4C3H9N.4C3H6.C2H5N.2CH3Br.4CH3Cl.2CH3I.5CH4O.2CH4/c5*1-4(2)3;5*1-3-2;13*1-2;;/h4H,1-3H3;4*1-3H3;4*3H,1H2,2H3;1H2,2H3;8*1H3;5*2H,1H3;2*1H4. The van der Waals surface area contributed by atoms with Crippen molar-refractivity contribution in [3.63, 3.8) is 0 Å². The van der Waals surface area contributed by atoms with E-state index in [0.717, 1.165) is 41.5 Å². The fraction of sp³-hybridized carbons (Fsp3) is 0.800. The van der Waals surface area contributed by atoms with Crippen LogP contribution in [0.3, 0.4) is 0 Å². The van der Waals surface area contributed by atoms with Gasteiger partial charge in [0.25, 0.3) is 0 Å². The lowest BCUT2D eigenvalue weighted by Crippen LogP contribution is -1.99. The molecule has 0 saturated heterocycles. The number of nitrogens with zero attached hydrogens (tertiary/aromatic N) is 5. The van der Waals surface area contributed by atoms with Crippen molar-refractivity contribution in [3.8, 4) is 0 Å². The van der Waals surface area contributed by atoms with Crippen LogP contribution < -0.4 is 0 Å². The molecule has 0 aromatic carbocycles. The summed E-state index contributed by atoms with van der Waals surface area (Å²) in [6.45, 7) is 30.6. The molecule has 418 valence electrons. The predicted molar refractivity (Wildman–Crippen MR) is 349 cm³/mol. The van der Waals surface area contributed by atoms with Crippen molar-refractivity contribution in [3.05, 3.63) is 50.6 Å². The molecule has 63 heavy (non-hydrogen) atoms. The quantitative estimate of drug-likeness (QED) is 0.0698. The van der Waals surface area contributed by atoms with Gasteiger partial charge in [-0.25, -0.2) is 0 Å². The SMILES string of the molecule is C.C.C=CC.C=CC.C=CC.C=CC.C=NC.CBr.CBr.CC(C)C.CCl.CCl.CCl.CCl.CI.CI.CN(C)C.CN(C)C.CN(C)C.CN(C)C.CO.CO.CO.CO.CO. The van der Waals surface area contributed by atoms with E-state index in [1.54, 1.807) is 31.4 Å². The van der Waals surface area contributed by atoms with Gasteiger partial charge in [-0.2, -0.15) is 0 Å². The highest BCUT2D eigenvalue weighted by molar-refractivity contribution is 14.1. The zero-order chi connectivity index (χ0) is 57.4. The van der Waals surface area contributed by atoms with Gasteiger partial charge in [0.1, 0.15) is 0 Å². The number of aliphatic imine (C=N–C) groups is 1. The Morgan fingerprint density at radius 2 is 0.397 bits per heavy atom. The molecule has 0 aliphatic carbocycles. The third kappa shape index (κ3) is 71400. The topological polar surface area (TPSA) is 126 Å². The average Bonchev–Trinajstić information content (AvgIpc) is 3.25. The Balaban J connectivity index is -0.0000000105. The molecule has 0 unspecified atom stereocenters. The Morgan fingerprint density at radius 3 is 0.397 bits per heavy atom. The van der Waals surface area contributed by atoms with Crippen molar-refractivity contribution in [1.29, 1.82) is 0 Å². The van der Waals surface area contributed by atoms with E-state index in [2.05, 4.69) is 182 Å². The number of aliphatic hydroxyl groups is 5. The molecule has 0 spiro atoms. The lowest BCUT2D eigenvalue weighted by molar-refractivity contribution is 0.399. The number of alkyl halides is 8. The maximum absolute atomic E-state index is 7.00. The first-order chi connectivity index (χ1) is 28.7. The summed E-state index contributed by atoms with van der Waals surface area (Å²) in [5.41, 5.74) is 0. The molecule has 0 rings (SSSR count). The third-order valence-electron chi connectivity index (χ3n) is 0. The van der Waals surface area contributed by atoms with Crippen LogP contribution in [0.1, 0.15) is 63.3 Å². The van der Waals surface area contributed by atoms with E-state index < -0.39 is 0 Å². The minimum Gasteiger partial charge on any atom is -0.400 e. The van der Waals surface area contributed by atoms with Gasteiger partial charge in [0.05, 0.1) is 0 Å². The number of hydrogen-bond acceptors (Lipinski definition) is 10. The van der Waals surface area contributed by atoms with E-state index in [1.807, 2.05) is 153 Å². The van der Waals surface area contributed by atoms with E-state index in [0.29, 0.717) is 0 Å². The summed E-state index contributed by atoms with van der Waals surface area (Å²) in [6, 6.07) is 0. The summed E-state index contributed by atoms with van der Waals surface area (Å²) in [7, 11) is 30.6. The Labute approximate surface area is 470 Å². The Morgan fingerprint density at radius 1 is 0.397 bits per heavy atom. The summed E-state index contributed by atoms with van der Waals surface area (Å²) < 4.78 is 0. The Hall–Kier alpha value is 1.85. The average molecular weight is 1370 g/mol. The molecule has 0 aromatic rings. The Kier molecular flexibility index (Phi) is 1400. The minimum absolute atomic E-state index is 0. The molecule has 0 atom stereocenters. The maximum atomic E-state index is 7.00. The lowest BCUT2D eigenvalue weighted by Gasteiger charge is -1.90. The number of rotatable bonds is 0. The molecule has 0 heterocycles. The first kappa shape index (κ1) is 166. The molecule has 18 heteroatoms. The van der Waals surface area contributed by atoms with Crippen LogP contribution in [0.25, 0.3) is 0 Å². The number of hydrogen-bond donors (Lipinski definition) is 5. The molecule has 0 bridgehead atoms.